The molecule has 0 atom stereocenters. The molecule has 6 heteroatoms. The average Bonchev–Trinajstić information content (AvgIpc) is 3.10. The minimum absolute atomic E-state index is 0.213. The zero-order valence-electron chi connectivity index (χ0n) is 13.0. The average molecular weight is 352 g/mol. The van der Waals surface area contributed by atoms with Crippen LogP contribution in [-0.4, -0.2) is 17.5 Å². The van der Waals surface area contributed by atoms with E-state index >= 15 is 0 Å². The maximum atomic E-state index is 13.3. The number of hydrogen-bond acceptors (Lipinski definition) is 4. The van der Waals surface area contributed by atoms with Crippen LogP contribution in [0.4, 0.5) is 9.52 Å². The fourth-order valence-corrected chi connectivity index (χ4v) is 3.25. The van der Waals surface area contributed by atoms with Gasteiger partial charge in [-0.3, -0.25) is 10.1 Å². The minimum Gasteiger partial charge on any atom is -0.488 e. The zero-order chi connectivity index (χ0) is 17.2. The number of rotatable bonds is 3. The van der Waals surface area contributed by atoms with Gasteiger partial charge in [-0.05, 0) is 24.3 Å². The Morgan fingerprint density at radius 1 is 1.20 bits per heavy atom. The van der Waals surface area contributed by atoms with E-state index in [4.69, 9.17) is 4.74 Å². The number of thiazole rings is 1. The van der Waals surface area contributed by atoms with E-state index in [1.807, 2.05) is 30.3 Å². The van der Waals surface area contributed by atoms with E-state index in [1.54, 1.807) is 17.5 Å². The molecule has 1 N–H and O–H groups in total. The summed E-state index contributed by atoms with van der Waals surface area (Å²) >= 11 is 1.29. The fraction of sp³-hybridized carbons (Fsp3) is 0.0526. The molecule has 0 unspecified atom stereocenters. The van der Waals surface area contributed by atoms with Crippen LogP contribution in [-0.2, 0) is 4.79 Å². The van der Waals surface area contributed by atoms with Crippen LogP contribution in [0.2, 0.25) is 0 Å². The number of hydrogen-bond donors (Lipinski definition) is 1. The fourth-order valence-electron chi connectivity index (χ4n) is 2.54. The number of ether oxygens (including phenoxy) is 1. The molecular formula is C19H13FN2O2S. The monoisotopic (exact) mass is 352 g/mol. The van der Waals surface area contributed by atoms with E-state index in [0.29, 0.717) is 22.0 Å². The van der Waals surface area contributed by atoms with Crippen LogP contribution in [0.5, 0.6) is 5.75 Å². The Morgan fingerprint density at radius 3 is 2.96 bits per heavy atom. The molecule has 25 heavy (non-hydrogen) atoms. The first-order valence-electron chi connectivity index (χ1n) is 7.64. The number of nitrogens with one attached hydrogen (secondary N) is 1. The second kappa shape index (κ2) is 6.49. The molecule has 124 valence electrons. The molecule has 2 heterocycles. The van der Waals surface area contributed by atoms with Gasteiger partial charge in [-0.25, -0.2) is 9.37 Å². The zero-order valence-corrected chi connectivity index (χ0v) is 13.8. The van der Waals surface area contributed by atoms with Crippen LogP contribution in [0.25, 0.3) is 17.3 Å². The number of amides is 1. The molecule has 4 rings (SSSR count). The van der Waals surface area contributed by atoms with Crippen molar-refractivity contribution in [2.45, 2.75) is 0 Å². The van der Waals surface area contributed by atoms with Gasteiger partial charge in [0.15, 0.2) is 5.13 Å². The van der Waals surface area contributed by atoms with Crippen molar-refractivity contribution < 1.29 is 13.9 Å². The molecule has 0 saturated carbocycles. The number of nitrogens with zero attached hydrogens (tertiary/aromatic N) is 1. The van der Waals surface area contributed by atoms with Crippen LogP contribution in [0.1, 0.15) is 5.56 Å². The van der Waals surface area contributed by atoms with Gasteiger partial charge >= 0.3 is 0 Å². The van der Waals surface area contributed by atoms with E-state index in [1.165, 1.54) is 23.5 Å². The summed E-state index contributed by atoms with van der Waals surface area (Å²) in [6, 6.07) is 13.7. The molecule has 0 fully saturated rings. The minimum atomic E-state index is -0.320. The smallest absolute Gasteiger partial charge is 0.256 e. The van der Waals surface area contributed by atoms with Gasteiger partial charge < -0.3 is 4.74 Å². The van der Waals surface area contributed by atoms with E-state index in [0.717, 1.165) is 11.3 Å². The summed E-state index contributed by atoms with van der Waals surface area (Å²) in [4.78, 5) is 16.8. The molecule has 1 amide bonds. The molecule has 0 saturated heterocycles. The Morgan fingerprint density at radius 2 is 2.08 bits per heavy atom. The number of para-hydroxylation sites is 1. The summed E-state index contributed by atoms with van der Waals surface area (Å²) in [5.74, 6) is 0.190. The van der Waals surface area contributed by atoms with Crippen molar-refractivity contribution in [3.8, 4) is 17.0 Å². The number of fused-ring (bicyclic) bond motifs is 1. The number of carbonyl (C=O) groups excluding carboxylic acids is 1. The Kier molecular flexibility index (Phi) is 4.03. The number of benzene rings is 2. The molecule has 2 aromatic carbocycles. The van der Waals surface area contributed by atoms with Crippen LogP contribution >= 0.6 is 11.3 Å². The summed E-state index contributed by atoms with van der Waals surface area (Å²) in [6.45, 7) is 0.213. The molecule has 0 bridgehead atoms. The van der Waals surface area contributed by atoms with Crippen LogP contribution in [0, 0.1) is 5.82 Å². The lowest BCUT2D eigenvalue weighted by molar-refractivity contribution is -0.113. The quantitative estimate of drug-likeness (QED) is 0.762. The highest BCUT2D eigenvalue weighted by Gasteiger charge is 2.18. The molecule has 3 aromatic rings. The molecule has 1 aliphatic rings. The third-order valence-corrected chi connectivity index (χ3v) is 4.53. The summed E-state index contributed by atoms with van der Waals surface area (Å²) in [5.41, 5.74) is 2.70. The highest BCUT2D eigenvalue weighted by atomic mass is 32.1. The van der Waals surface area contributed by atoms with Crippen molar-refractivity contribution in [1.82, 2.24) is 4.98 Å². The van der Waals surface area contributed by atoms with Crippen LogP contribution in [0.3, 0.4) is 0 Å². The maximum Gasteiger partial charge on any atom is 0.256 e. The van der Waals surface area contributed by atoms with Crippen molar-refractivity contribution in [2.75, 3.05) is 11.9 Å². The number of aromatic nitrogens is 1. The highest BCUT2D eigenvalue weighted by Crippen LogP contribution is 2.28. The van der Waals surface area contributed by atoms with E-state index in [-0.39, 0.29) is 18.3 Å². The van der Waals surface area contributed by atoms with Crippen molar-refractivity contribution >= 4 is 28.5 Å². The molecule has 0 aliphatic carbocycles. The third kappa shape index (κ3) is 3.29. The second-order valence-corrected chi connectivity index (χ2v) is 6.36. The van der Waals surface area contributed by atoms with Gasteiger partial charge in [0.05, 0.1) is 11.3 Å². The van der Waals surface area contributed by atoms with Gasteiger partial charge in [-0.1, -0.05) is 30.3 Å². The summed E-state index contributed by atoms with van der Waals surface area (Å²) < 4.78 is 18.9. The van der Waals surface area contributed by atoms with E-state index < -0.39 is 0 Å². The van der Waals surface area contributed by atoms with Gasteiger partial charge in [-0.15, -0.1) is 11.3 Å². The first-order valence-corrected chi connectivity index (χ1v) is 8.52. The normalized spacial score (nSPS) is 12.8. The standard InChI is InChI=1S/C19H13FN2O2S/c20-15-6-3-5-12(9-15)16-11-25-19(21-16)22-18(23)14-8-13-4-1-2-7-17(13)24-10-14/h1-9,11H,10H2,(H,21,22,23). The molecule has 0 radical (unpaired) electrons. The van der Waals surface area contributed by atoms with E-state index in [2.05, 4.69) is 10.3 Å². The topological polar surface area (TPSA) is 51.2 Å². The Balaban J connectivity index is 1.52. The molecule has 1 aliphatic heterocycles. The maximum absolute atomic E-state index is 13.3. The molecule has 1 aromatic heterocycles. The van der Waals surface area contributed by atoms with Crippen LogP contribution < -0.4 is 10.1 Å². The third-order valence-electron chi connectivity index (χ3n) is 3.77. The van der Waals surface area contributed by atoms with Crippen molar-refractivity contribution in [3.63, 3.8) is 0 Å². The summed E-state index contributed by atoms with van der Waals surface area (Å²) in [5, 5.41) is 5.02. The SMILES string of the molecule is O=C(Nc1nc(-c2cccc(F)c2)cs1)C1=Cc2ccccc2OC1. The molecule has 0 spiro atoms. The molecular weight excluding hydrogens is 339 g/mol. The first kappa shape index (κ1) is 15.5. The van der Waals surface area contributed by atoms with Gasteiger partial charge in [0.2, 0.25) is 0 Å². The predicted octanol–water partition coefficient (Wildman–Crippen LogP) is 4.36. The van der Waals surface area contributed by atoms with Gasteiger partial charge in [0.1, 0.15) is 18.2 Å². The van der Waals surface area contributed by atoms with Crippen molar-refractivity contribution in [3.05, 3.63) is 70.9 Å². The number of halogens is 1. The van der Waals surface area contributed by atoms with Crippen molar-refractivity contribution in [2.24, 2.45) is 0 Å². The van der Waals surface area contributed by atoms with Gasteiger partial charge in [-0.2, -0.15) is 0 Å². The Bertz CT molecular complexity index is 981. The van der Waals surface area contributed by atoms with Gasteiger partial charge in [0.25, 0.3) is 5.91 Å². The Hall–Kier alpha value is -2.99. The second-order valence-electron chi connectivity index (χ2n) is 5.50. The lowest BCUT2D eigenvalue weighted by Crippen LogP contribution is -2.21. The first-order chi connectivity index (χ1) is 12.2. The highest BCUT2D eigenvalue weighted by molar-refractivity contribution is 7.14. The van der Waals surface area contributed by atoms with Crippen molar-refractivity contribution in [1.29, 1.82) is 0 Å². The van der Waals surface area contributed by atoms with Crippen LogP contribution in [0.15, 0.2) is 59.5 Å². The largest absolute Gasteiger partial charge is 0.488 e. The predicted molar refractivity (Wildman–Crippen MR) is 96.1 cm³/mol. The number of carbonyl (C=O) groups is 1. The lowest BCUT2D eigenvalue weighted by atomic mass is 10.1. The molecule has 4 nitrogen and oxygen atoms in total. The van der Waals surface area contributed by atoms with Gasteiger partial charge in [0, 0.05) is 16.5 Å². The Labute approximate surface area is 147 Å². The number of anilines is 1. The summed E-state index contributed by atoms with van der Waals surface area (Å²) in [7, 11) is 0. The summed E-state index contributed by atoms with van der Waals surface area (Å²) in [6.07, 6.45) is 1.81. The van der Waals surface area contributed by atoms with E-state index in [9.17, 15) is 9.18 Å². The lowest BCUT2D eigenvalue weighted by Gasteiger charge is -2.16.